The fourth-order valence-corrected chi connectivity index (χ4v) is 2.56. The molecule has 16 heavy (non-hydrogen) atoms. The van der Waals surface area contributed by atoms with E-state index in [1.807, 2.05) is 0 Å². The zero-order valence-electron chi connectivity index (χ0n) is 10.6. The largest absolute Gasteiger partial charge is 0.346 e. The van der Waals surface area contributed by atoms with E-state index in [0.29, 0.717) is 5.92 Å². The van der Waals surface area contributed by atoms with E-state index in [0.717, 1.165) is 12.3 Å². The van der Waals surface area contributed by atoms with Crippen LogP contribution >= 0.6 is 0 Å². The molecule has 0 aliphatic carbocycles. The first kappa shape index (κ1) is 11.6. The molecule has 2 heterocycles. The summed E-state index contributed by atoms with van der Waals surface area (Å²) in [6, 6.07) is 0. The van der Waals surface area contributed by atoms with Crippen LogP contribution in [0.25, 0.3) is 0 Å². The van der Waals surface area contributed by atoms with Gasteiger partial charge in [0.2, 0.25) is 0 Å². The number of nitrogens with zero attached hydrogens (tertiary/aromatic N) is 1. The van der Waals surface area contributed by atoms with Crippen LogP contribution in [0.15, 0.2) is 0 Å². The highest BCUT2D eigenvalue weighted by molar-refractivity contribution is 5.16. The second-order valence-corrected chi connectivity index (χ2v) is 5.25. The molecule has 3 heteroatoms. The fourth-order valence-electron chi connectivity index (χ4n) is 2.56. The van der Waals surface area contributed by atoms with Crippen LogP contribution in [-0.4, -0.2) is 23.1 Å². The quantitative estimate of drug-likeness (QED) is 0.822. The molecule has 0 atom stereocenters. The van der Waals surface area contributed by atoms with Gasteiger partial charge in [-0.15, -0.1) is 0 Å². The minimum absolute atomic E-state index is 0.526. The molecule has 0 bridgehead atoms. The summed E-state index contributed by atoms with van der Waals surface area (Å²) in [6.07, 6.45) is 3.70. The maximum atomic E-state index is 4.73. The summed E-state index contributed by atoms with van der Waals surface area (Å²) in [6.45, 7) is 8.88. The van der Waals surface area contributed by atoms with Gasteiger partial charge in [0, 0.05) is 12.1 Å². The molecular formula is C13H23N3. The Bertz CT molecular complexity index is 335. The Labute approximate surface area is 98.1 Å². The molecule has 0 amide bonds. The van der Waals surface area contributed by atoms with Crippen LogP contribution in [0.2, 0.25) is 0 Å². The summed E-state index contributed by atoms with van der Waals surface area (Å²) >= 11 is 0. The van der Waals surface area contributed by atoms with Crippen LogP contribution in [-0.2, 0) is 6.42 Å². The van der Waals surface area contributed by atoms with Gasteiger partial charge in [0.05, 0.1) is 5.69 Å². The monoisotopic (exact) mass is 221 g/mol. The lowest BCUT2D eigenvalue weighted by molar-refractivity contribution is 0.368. The van der Waals surface area contributed by atoms with E-state index < -0.39 is 0 Å². The van der Waals surface area contributed by atoms with Crippen LogP contribution < -0.4 is 5.32 Å². The zero-order valence-corrected chi connectivity index (χ0v) is 10.6. The number of hydrogen-bond donors (Lipinski definition) is 2. The van der Waals surface area contributed by atoms with E-state index in [4.69, 9.17) is 4.98 Å². The van der Waals surface area contributed by atoms with E-state index in [2.05, 4.69) is 31.1 Å². The second-order valence-electron chi connectivity index (χ2n) is 5.25. The van der Waals surface area contributed by atoms with Gasteiger partial charge < -0.3 is 10.3 Å². The number of aromatic nitrogens is 2. The number of hydrogen-bond acceptors (Lipinski definition) is 2. The minimum atomic E-state index is 0.526. The van der Waals surface area contributed by atoms with Crippen molar-refractivity contribution in [1.82, 2.24) is 15.3 Å². The minimum Gasteiger partial charge on any atom is -0.346 e. The molecule has 0 unspecified atom stereocenters. The number of nitrogens with one attached hydrogen (secondary N) is 2. The number of rotatable bonds is 3. The summed E-state index contributed by atoms with van der Waals surface area (Å²) in [5.74, 6) is 2.53. The standard InChI is InChI=1S/C13H23N3/c1-9(2)13-10(3)15-12(16-13)8-11-4-6-14-7-5-11/h9,11,14H,4-8H2,1-3H3,(H,15,16). The zero-order chi connectivity index (χ0) is 11.5. The first-order valence-corrected chi connectivity index (χ1v) is 6.43. The van der Waals surface area contributed by atoms with Crippen molar-refractivity contribution in [2.75, 3.05) is 13.1 Å². The van der Waals surface area contributed by atoms with Crippen LogP contribution in [0.5, 0.6) is 0 Å². The van der Waals surface area contributed by atoms with Crippen LogP contribution in [0, 0.1) is 12.8 Å². The maximum Gasteiger partial charge on any atom is 0.106 e. The average molecular weight is 221 g/mol. The van der Waals surface area contributed by atoms with E-state index in [-0.39, 0.29) is 0 Å². The third-order valence-corrected chi connectivity index (χ3v) is 3.46. The second kappa shape index (κ2) is 5.00. The van der Waals surface area contributed by atoms with Gasteiger partial charge in [0.1, 0.15) is 5.82 Å². The molecule has 0 radical (unpaired) electrons. The van der Waals surface area contributed by atoms with Gasteiger partial charge in [-0.25, -0.2) is 4.98 Å². The van der Waals surface area contributed by atoms with E-state index >= 15 is 0 Å². The normalized spacial score (nSPS) is 18.2. The van der Waals surface area contributed by atoms with E-state index in [9.17, 15) is 0 Å². The van der Waals surface area contributed by atoms with E-state index in [1.165, 1.54) is 43.1 Å². The molecule has 2 rings (SSSR count). The summed E-state index contributed by atoms with van der Waals surface area (Å²) < 4.78 is 0. The molecule has 1 saturated heterocycles. The average Bonchev–Trinajstić information content (AvgIpc) is 2.61. The van der Waals surface area contributed by atoms with Crippen molar-refractivity contribution < 1.29 is 0 Å². The van der Waals surface area contributed by atoms with Gasteiger partial charge >= 0.3 is 0 Å². The van der Waals surface area contributed by atoms with Gasteiger partial charge in [0.25, 0.3) is 0 Å². The summed E-state index contributed by atoms with van der Waals surface area (Å²) in [4.78, 5) is 8.17. The lowest BCUT2D eigenvalue weighted by Gasteiger charge is -2.21. The molecule has 0 aromatic carbocycles. The van der Waals surface area contributed by atoms with Crippen molar-refractivity contribution in [2.24, 2.45) is 5.92 Å². The van der Waals surface area contributed by atoms with Crippen molar-refractivity contribution in [3.05, 3.63) is 17.2 Å². The molecule has 0 saturated carbocycles. The van der Waals surface area contributed by atoms with Crippen molar-refractivity contribution >= 4 is 0 Å². The van der Waals surface area contributed by atoms with Crippen LogP contribution in [0.4, 0.5) is 0 Å². The third kappa shape index (κ3) is 2.64. The van der Waals surface area contributed by atoms with Crippen molar-refractivity contribution in [3.63, 3.8) is 0 Å². The maximum absolute atomic E-state index is 4.73. The Morgan fingerprint density at radius 2 is 2.00 bits per heavy atom. The molecule has 1 aromatic rings. The Balaban J connectivity index is 2.01. The Morgan fingerprint density at radius 1 is 1.31 bits per heavy atom. The third-order valence-electron chi connectivity index (χ3n) is 3.46. The molecule has 2 N–H and O–H groups in total. The molecule has 1 aliphatic heterocycles. The summed E-state index contributed by atoms with van der Waals surface area (Å²) in [7, 11) is 0. The van der Waals surface area contributed by atoms with Crippen molar-refractivity contribution in [2.45, 2.75) is 46.0 Å². The van der Waals surface area contributed by atoms with Crippen LogP contribution in [0.3, 0.4) is 0 Å². The highest BCUT2D eigenvalue weighted by Crippen LogP contribution is 2.20. The topological polar surface area (TPSA) is 40.7 Å². The molecule has 1 fully saturated rings. The molecule has 90 valence electrons. The Kier molecular flexibility index (Phi) is 3.64. The molecule has 3 nitrogen and oxygen atoms in total. The molecule has 1 aromatic heterocycles. The highest BCUT2D eigenvalue weighted by Gasteiger charge is 2.17. The highest BCUT2D eigenvalue weighted by atomic mass is 14.9. The van der Waals surface area contributed by atoms with E-state index in [1.54, 1.807) is 0 Å². The molecule has 0 spiro atoms. The first-order chi connectivity index (χ1) is 7.66. The van der Waals surface area contributed by atoms with Gasteiger partial charge in [-0.05, 0) is 44.7 Å². The summed E-state index contributed by atoms with van der Waals surface area (Å²) in [5, 5.41) is 3.40. The number of piperidine rings is 1. The first-order valence-electron chi connectivity index (χ1n) is 6.43. The SMILES string of the molecule is Cc1[nH]c(CC2CCNCC2)nc1C(C)C. The predicted octanol–water partition coefficient (Wildman–Crippen LogP) is 2.38. The number of H-pyrrole nitrogens is 1. The van der Waals surface area contributed by atoms with Gasteiger partial charge in [-0.2, -0.15) is 0 Å². The Hall–Kier alpha value is -0.830. The fraction of sp³-hybridized carbons (Fsp3) is 0.769. The molecule has 1 aliphatic rings. The van der Waals surface area contributed by atoms with Crippen LogP contribution in [0.1, 0.15) is 49.8 Å². The van der Waals surface area contributed by atoms with Crippen molar-refractivity contribution in [1.29, 1.82) is 0 Å². The van der Waals surface area contributed by atoms with Gasteiger partial charge in [-0.1, -0.05) is 13.8 Å². The molecular weight excluding hydrogens is 198 g/mol. The lowest BCUT2D eigenvalue weighted by atomic mass is 9.94. The number of aromatic amines is 1. The lowest BCUT2D eigenvalue weighted by Crippen LogP contribution is -2.28. The van der Waals surface area contributed by atoms with Gasteiger partial charge in [0.15, 0.2) is 0 Å². The Morgan fingerprint density at radius 3 is 2.56 bits per heavy atom. The van der Waals surface area contributed by atoms with Crippen molar-refractivity contribution in [3.8, 4) is 0 Å². The van der Waals surface area contributed by atoms with Gasteiger partial charge in [-0.3, -0.25) is 0 Å². The number of imidazole rings is 1. The smallest absolute Gasteiger partial charge is 0.106 e. The predicted molar refractivity (Wildman–Crippen MR) is 66.7 cm³/mol. The summed E-state index contributed by atoms with van der Waals surface area (Å²) in [5.41, 5.74) is 2.49. The number of aryl methyl sites for hydroxylation is 1.